The number of nitrogens with two attached hydrogens (primary N) is 1. The third kappa shape index (κ3) is 2.84. The molecule has 88 valence electrons. The zero-order valence-electron chi connectivity index (χ0n) is 9.82. The number of nitrogen functional groups attached to an aromatic ring is 1. The molecule has 4 nitrogen and oxygen atoms in total. The molecule has 3 N–H and O–H groups in total. The highest BCUT2D eigenvalue weighted by molar-refractivity contribution is 5.39. The van der Waals surface area contributed by atoms with Gasteiger partial charge in [-0.05, 0) is 18.8 Å². The molecule has 1 fully saturated rings. The van der Waals surface area contributed by atoms with E-state index in [1.807, 2.05) is 0 Å². The Morgan fingerprint density at radius 1 is 1.44 bits per heavy atom. The summed E-state index contributed by atoms with van der Waals surface area (Å²) < 4.78 is 0. The molecule has 1 saturated carbocycles. The van der Waals surface area contributed by atoms with Gasteiger partial charge in [0.2, 0.25) is 0 Å². The predicted octanol–water partition coefficient (Wildman–Crippen LogP) is 2.44. The summed E-state index contributed by atoms with van der Waals surface area (Å²) in [5.41, 5.74) is 5.60. The quantitative estimate of drug-likeness (QED) is 0.821. The SMILES string of the molecule is CCC1CCCC(Nc2cncc(N)n2)C1. The highest BCUT2D eigenvalue weighted by Gasteiger charge is 2.20. The summed E-state index contributed by atoms with van der Waals surface area (Å²) in [5.74, 6) is 2.15. The van der Waals surface area contributed by atoms with E-state index in [0.717, 1.165) is 11.7 Å². The van der Waals surface area contributed by atoms with Crippen molar-refractivity contribution < 1.29 is 0 Å². The first-order chi connectivity index (χ1) is 7.78. The molecule has 0 aromatic carbocycles. The van der Waals surface area contributed by atoms with Crippen molar-refractivity contribution >= 4 is 11.6 Å². The zero-order valence-corrected chi connectivity index (χ0v) is 9.82. The summed E-state index contributed by atoms with van der Waals surface area (Å²) in [4.78, 5) is 8.26. The van der Waals surface area contributed by atoms with Crippen molar-refractivity contribution in [1.82, 2.24) is 9.97 Å². The first-order valence-corrected chi connectivity index (χ1v) is 6.12. The van der Waals surface area contributed by atoms with Crippen molar-refractivity contribution in [2.24, 2.45) is 5.92 Å². The maximum atomic E-state index is 5.60. The fraction of sp³-hybridized carbons (Fsp3) is 0.667. The van der Waals surface area contributed by atoms with Crippen LogP contribution in [0.2, 0.25) is 0 Å². The molecule has 0 bridgehead atoms. The highest BCUT2D eigenvalue weighted by atomic mass is 15.1. The van der Waals surface area contributed by atoms with Crippen LogP contribution >= 0.6 is 0 Å². The van der Waals surface area contributed by atoms with Crippen LogP contribution in [0.4, 0.5) is 11.6 Å². The summed E-state index contributed by atoms with van der Waals surface area (Å²) in [6, 6.07) is 0.537. The van der Waals surface area contributed by atoms with Crippen LogP contribution in [0.15, 0.2) is 12.4 Å². The fourth-order valence-electron chi connectivity index (χ4n) is 2.45. The lowest BCUT2D eigenvalue weighted by Gasteiger charge is -2.29. The van der Waals surface area contributed by atoms with Gasteiger partial charge in [-0.15, -0.1) is 0 Å². The summed E-state index contributed by atoms with van der Waals surface area (Å²) in [6.45, 7) is 2.27. The van der Waals surface area contributed by atoms with Crippen LogP contribution in [-0.2, 0) is 0 Å². The van der Waals surface area contributed by atoms with Crippen LogP contribution in [0.5, 0.6) is 0 Å². The molecule has 2 unspecified atom stereocenters. The average Bonchev–Trinajstić information content (AvgIpc) is 2.29. The van der Waals surface area contributed by atoms with E-state index in [4.69, 9.17) is 5.73 Å². The molecule has 1 aliphatic carbocycles. The molecule has 0 amide bonds. The second kappa shape index (κ2) is 5.14. The molecule has 0 aliphatic heterocycles. The Hall–Kier alpha value is -1.32. The van der Waals surface area contributed by atoms with E-state index in [-0.39, 0.29) is 0 Å². The van der Waals surface area contributed by atoms with Crippen LogP contribution in [0.1, 0.15) is 39.0 Å². The molecule has 0 radical (unpaired) electrons. The zero-order chi connectivity index (χ0) is 11.4. The largest absolute Gasteiger partial charge is 0.382 e. The van der Waals surface area contributed by atoms with Gasteiger partial charge in [-0.25, -0.2) is 4.98 Å². The van der Waals surface area contributed by atoms with Gasteiger partial charge in [0.1, 0.15) is 11.6 Å². The van der Waals surface area contributed by atoms with Crippen molar-refractivity contribution in [3.05, 3.63) is 12.4 Å². The van der Waals surface area contributed by atoms with Gasteiger partial charge < -0.3 is 11.1 Å². The van der Waals surface area contributed by atoms with Crippen LogP contribution in [0.25, 0.3) is 0 Å². The summed E-state index contributed by atoms with van der Waals surface area (Å²) in [7, 11) is 0. The number of anilines is 2. The maximum Gasteiger partial charge on any atom is 0.147 e. The van der Waals surface area contributed by atoms with E-state index in [1.54, 1.807) is 12.4 Å². The van der Waals surface area contributed by atoms with E-state index in [0.29, 0.717) is 11.9 Å². The molecule has 1 aliphatic rings. The summed E-state index contributed by atoms with van der Waals surface area (Å²) in [5, 5.41) is 3.43. The number of nitrogens with zero attached hydrogens (tertiary/aromatic N) is 2. The van der Waals surface area contributed by atoms with Crippen molar-refractivity contribution in [3.63, 3.8) is 0 Å². The Labute approximate surface area is 96.7 Å². The van der Waals surface area contributed by atoms with E-state index in [1.165, 1.54) is 32.1 Å². The van der Waals surface area contributed by atoms with E-state index in [2.05, 4.69) is 22.2 Å². The Morgan fingerprint density at radius 3 is 3.06 bits per heavy atom. The highest BCUT2D eigenvalue weighted by Crippen LogP contribution is 2.28. The Kier molecular flexibility index (Phi) is 3.59. The molecule has 1 aromatic heterocycles. The van der Waals surface area contributed by atoms with E-state index in [9.17, 15) is 0 Å². The third-order valence-corrected chi connectivity index (χ3v) is 3.37. The van der Waals surface area contributed by atoms with Gasteiger partial charge >= 0.3 is 0 Å². The number of hydrogen-bond acceptors (Lipinski definition) is 4. The third-order valence-electron chi connectivity index (χ3n) is 3.37. The predicted molar refractivity (Wildman–Crippen MR) is 66.1 cm³/mol. The minimum absolute atomic E-state index is 0.479. The molecule has 2 atom stereocenters. The monoisotopic (exact) mass is 220 g/mol. The number of aromatic nitrogens is 2. The lowest BCUT2D eigenvalue weighted by atomic mass is 9.84. The van der Waals surface area contributed by atoms with E-state index < -0.39 is 0 Å². The van der Waals surface area contributed by atoms with Gasteiger partial charge in [-0.3, -0.25) is 4.98 Å². The van der Waals surface area contributed by atoms with Gasteiger partial charge in [0.05, 0.1) is 12.4 Å². The molecular weight excluding hydrogens is 200 g/mol. The van der Waals surface area contributed by atoms with Crippen LogP contribution < -0.4 is 11.1 Å². The molecule has 16 heavy (non-hydrogen) atoms. The molecule has 0 saturated heterocycles. The summed E-state index contributed by atoms with van der Waals surface area (Å²) >= 11 is 0. The number of nitrogens with one attached hydrogen (secondary N) is 1. The Bertz CT molecular complexity index is 340. The minimum atomic E-state index is 0.479. The normalized spacial score (nSPS) is 25.3. The standard InChI is InChI=1S/C12H20N4/c1-2-9-4-3-5-10(6-9)15-12-8-14-7-11(13)16-12/h7-10H,2-6H2,1H3,(H3,13,15,16). The molecule has 1 heterocycles. The number of hydrogen-bond donors (Lipinski definition) is 2. The second-order valence-electron chi connectivity index (χ2n) is 4.61. The average molecular weight is 220 g/mol. The molecule has 1 aromatic rings. The Morgan fingerprint density at radius 2 is 2.31 bits per heavy atom. The first kappa shape index (κ1) is 11.2. The van der Waals surface area contributed by atoms with Crippen molar-refractivity contribution in [3.8, 4) is 0 Å². The van der Waals surface area contributed by atoms with Crippen LogP contribution in [-0.4, -0.2) is 16.0 Å². The first-order valence-electron chi connectivity index (χ1n) is 6.12. The molecular formula is C12H20N4. The lowest BCUT2D eigenvalue weighted by Crippen LogP contribution is -2.27. The molecule has 4 heteroatoms. The second-order valence-corrected chi connectivity index (χ2v) is 4.61. The van der Waals surface area contributed by atoms with Crippen molar-refractivity contribution in [2.45, 2.75) is 45.1 Å². The maximum absolute atomic E-state index is 5.60. The van der Waals surface area contributed by atoms with Gasteiger partial charge in [-0.2, -0.15) is 0 Å². The van der Waals surface area contributed by atoms with E-state index >= 15 is 0 Å². The van der Waals surface area contributed by atoms with Crippen LogP contribution in [0, 0.1) is 5.92 Å². The summed E-state index contributed by atoms with van der Waals surface area (Å²) in [6.07, 6.45) is 9.75. The van der Waals surface area contributed by atoms with Crippen molar-refractivity contribution in [1.29, 1.82) is 0 Å². The van der Waals surface area contributed by atoms with Gasteiger partial charge in [-0.1, -0.05) is 26.2 Å². The Balaban J connectivity index is 1.94. The van der Waals surface area contributed by atoms with Gasteiger partial charge in [0, 0.05) is 6.04 Å². The van der Waals surface area contributed by atoms with Crippen molar-refractivity contribution in [2.75, 3.05) is 11.1 Å². The fourth-order valence-corrected chi connectivity index (χ4v) is 2.45. The lowest BCUT2D eigenvalue weighted by molar-refractivity contribution is 0.327. The smallest absolute Gasteiger partial charge is 0.147 e. The topological polar surface area (TPSA) is 63.8 Å². The molecule has 0 spiro atoms. The minimum Gasteiger partial charge on any atom is -0.382 e. The van der Waals surface area contributed by atoms with Crippen LogP contribution in [0.3, 0.4) is 0 Å². The molecule has 2 rings (SSSR count). The van der Waals surface area contributed by atoms with Gasteiger partial charge in [0.15, 0.2) is 0 Å². The number of rotatable bonds is 3. The van der Waals surface area contributed by atoms with Gasteiger partial charge in [0.25, 0.3) is 0 Å².